The number of para-hydroxylation sites is 2. The minimum atomic E-state index is -0.704. The molecule has 2 unspecified atom stereocenters. The van der Waals surface area contributed by atoms with Crippen molar-refractivity contribution in [2.75, 3.05) is 6.54 Å². The predicted molar refractivity (Wildman–Crippen MR) is 95.0 cm³/mol. The van der Waals surface area contributed by atoms with Crippen molar-refractivity contribution < 1.29 is 9.90 Å². The first-order valence-corrected chi connectivity index (χ1v) is 9.05. The summed E-state index contributed by atoms with van der Waals surface area (Å²) in [5.41, 5.74) is 2.24. The van der Waals surface area contributed by atoms with Gasteiger partial charge in [0.25, 0.3) is 0 Å². The molecule has 2 N–H and O–H groups in total. The number of hydrogen-bond donors (Lipinski definition) is 2. The third-order valence-corrected chi connectivity index (χ3v) is 4.93. The fraction of sp³-hybridized carbons (Fsp3) is 0.579. The van der Waals surface area contributed by atoms with Crippen LogP contribution >= 0.6 is 0 Å². The Kier molecular flexibility index (Phi) is 5.51. The highest BCUT2D eigenvalue weighted by Gasteiger charge is 2.24. The topological polar surface area (TPSA) is 67.2 Å². The Labute approximate surface area is 143 Å². The Hall–Kier alpha value is -1.88. The van der Waals surface area contributed by atoms with E-state index in [1.165, 1.54) is 11.9 Å². The van der Waals surface area contributed by atoms with Crippen LogP contribution in [0.2, 0.25) is 0 Å². The number of piperidine rings is 1. The number of aliphatic carboxylic acids is 1. The fourth-order valence-corrected chi connectivity index (χ4v) is 3.62. The van der Waals surface area contributed by atoms with Crippen molar-refractivity contribution >= 4 is 17.0 Å². The van der Waals surface area contributed by atoms with Gasteiger partial charge in [0.15, 0.2) is 0 Å². The Morgan fingerprint density at radius 2 is 2.17 bits per heavy atom. The van der Waals surface area contributed by atoms with Gasteiger partial charge in [-0.05, 0) is 50.3 Å². The second-order valence-electron chi connectivity index (χ2n) is 6.95. The first-order valence-electron chi connectivity index (χ1n) is 9.05. The normalized spacial score (nSPS) is 21.2. The Morgan fingerprint density at radius 3 is 2.96 bits per heavy atom. The molecule has 0 bridgehead atoms. The van der Waals surface area contributed by atoms with Gasteiger partial charge in [-0.1, -0.05) is 25.5 Å². The zero-order valence-corrected chi connectivity index (χ0v) is 14.4. The maximum atomic E-state index is 10.6. The molecule has 130 valence electrons. The third-order valence-electron chi connectivity index (χ3n) is 4.93. The molecule has 24 heavy (non-hydrogen) atoms. The van der Waals surface area contributed by atoms with Gasteiger partial charge in [-0.25, -0.2) is 4.98 Å². The minimum Gasteiger partial charge on any atom is -0.481 e. The lowest BCUT2D eigenvalue weighted by molar-refractivity contribution is -0.137. The summed E-state index contributed by atoms with van der Waals surface area (Å²) >= 11 is 0. The number of rotatable bonds is 7. The van der Waals surface area contributed by atoms with Gasteiger partial charge in [-0.2, -0.15) is 0 Å². The van der Waals surface area contributed by atoms with Crippen LogP contribution in [0.1, 0.15) is 57.3 Å². The number of carboxylic acid groups (broad SMARTS) is 1. The van der Waals surface area contributed by atoms with E-state index in [4.69, 9.17) is 10.1 Å². The molecule has 1 fully saturated rings. The zero-order chi connectivity index (χ0) is 16.9. The molecule has 0 spiro atoms. The number of carboxylic acids is 1. The number of nitrogens with zero attached hydrogens (tertiary/aromatic N) is 2. The zero-order valence-electron chi connectivity index (χ0n) is 14.4. The summed E-state index contributed by atoms with van der Waals surface area (Å²) in [4.78, 5) is 15.5. The van der Waals surface area contributed by atoms with Crippen LogP contribution in [0.15, 0.2) is 24.3 Å². The van der Waals surface area contributed by atoms with E-state index in [1.807, 2.05) is 6.07 Å². The van der Waals surface area contributed by atoms with Crippen molar-refractivity contribution in [3.05, 3.63) is 30.1 Å². The van der Waals surface area contributed by atoms with Gasteiger partial charge in [0.05, 0.1) is 17.1 Å². The van der Waals surface area contributed by atoms with Gasteiger partial charge in [0.1, 0.15) is 5.82 Å². The monoisotopic (exact) mass is 329 g/mol. The average Bonchev–Trinajstić information content (AvgIpc) is 2.93. The summed E-state index contributed by atoms with van der Waals surface area (Å²) in [6.45, 7) is 4.27. The first kappa shape index (κ1) is 17.0. The molecule has 1 aliphatic rings. The number of carbonyl (C=O) groups is 1. The highest BCUT2D eigenvalue weighted by Crippen LogP contribution is 2.29. The third kappa shape index (κ3) is 3.96. The van der Waals surface area contributed by atoms with E-state index >= 15 is 0 Å². The Morgan fingerprint density at radius 1 is 1.33 bits per heavy atom. The lowest BCUT2D eigenvalue weighted by Gasteiger charge is -2.28. The molecule has 5 heteroatoms. The van der Waals surface area contributed by atoms with Crippen LogP contribution < -0.4 is 5.32 Å². The maximum Gasteiger partial charge on any atom is 0.303 e. The molecule has 1 saturated heterocycles. The lowest BCUT2D eigenvalue weighted by atomic mass is 9.94. The molecule has 5 nitrogen and oxygen atoms in total. The van der Waals surface area contributed by atoms with E-state index < -0.39 is 5.97 Å². The highest BCUT2D eigenvalue weighted by atomic mass is 16.4. The number of fused-ring (bicyclic) bond motifs is 1. The number of imidazole rings is 1. The van der Waals surface area contributed by atoms with E-state index in [0.717, 1.165) is 56.0 Å². The van der Waals surface area contributed by atoms with E-state index in [1.54, 1.807) is 0 Å². The summed E-state index contributed by atoms with van der Waals surface area (Å²) < 4.78 is 2.34. The Bertz CT molecular complexity index is 695. The standard InChI is InChI=1S/C19H27N3O2/c1-14-10-11-20-16(13-14)19-21-15-7-4-5-8-17(15)22(19)12-6-2-3-9-18(23)24/h4-5,7-8,14,16,20H,2-3,6,9-13H2,1H3,(H,23,24). The van der Waals surface area contributed by atoms with Gasteiger partial charge in [0.2, 0.25) is 0 Å². The molecule has 1 aliphatic heterocycles. The molecule has 0 aliphatic carbocycles. The molecule has 1 aromatic heterocycles. The average molecular weight is 329 g/mol. The number of unbranched alkanes of at least 4 members (excludes halogenated alkanes) is 2. The van der Waals surface area contributed by atoms with Crippen molar-refractivity contribution in [1.82, 2.24) is 14.9 Å². The first-order chi connectivity index (χ1) is 11.6. The second kappa shape index (κ2) is 7.79. The Balaban J connectivity index is 1.76. The van der Waals surface area contributed by atoms with Crippen LogP contribution in [-0.4, -0.2) is 27.2 Å². The van der Waals surface area contributed by atoms with Gasteiger partial charge in [-0.3, -0.25) is 4.79 Å². The van der Waals surface area contributed by atoms with Gasteiger partial charge >= 0.3 is 5.97 Å². The van der Waals surface area contributed by atoms with Crippen molar-refractivity contribution in [2.24, 2.45) is 5.92 Å². The van der Waals surface area contributed by atoms with Crippen LogP contribution in [0.4, 0.5) is 0 Å². The molecule has 3 rings (SSSR count). The molecule has 2 heterocycles. The van der Waals surface area contributed by atoms with E-state index in [9.17, 15) is 4.79 Å². The quantitative estimate of drug-likeness (QED) is 0.759. The van der Waals surface area contributed by atoms with Crippen molar-refractivity contribution in [2.45, 2.75) is 58.0 Å². The molecule has 2 atom stereocenters. The minimum absolute atomic E-state index is 0.263. The molecule has 0 amide bonds. The highest BCUT2D eigenvalue weighted by molar-refractivity contribution is 5.76. The summed E-state index contributed by atoms with van der Waals surface area (Å²) in [5.74, 6) is 1.16. The predicted octanol–water partition coefficient (Wildman–Crippen LogP) is 3.74. The second-order valence-corrected chi connectivity index (χ2v) is 6.95. The van der Waals surface area contributed by atoms with Crippen molar-refractivity contribution in [3.8, 4) is 0 Å². The van der Waals surface area contributed by atoms with E-state index in [0.29, 0.717) is 6.04 Å². The van der Waals surface area contributed by atoms with Gasteiger partial charge < -0.3 is 15.0 Å². The van der Waals surface area contributed by atoms with Crippen LogP contribution in [0, 0.1) is 5.92 Å². The summed E-state index contributed by atoms with van der Waals surface area (Å²) in [6, 6.07) is 8.63. The van der Waals surface area contributed by atoms with E-state index in [2.05, 4.69) is 35.0 Å². The largest absolute Gasteiger partial charge is 0.481 e. The van der Waals surface area contributed by atoms with Crippen LogP contribution in [-0.2, 0) is 11.3 Å². The number of aryl methyl sites for hydroxylation is 1. The number of hydrogen-bond acceptors (Lipinski definition) is 3. The van der Waals surface area contributed by atoms with E-state index in [-0.39, 0.29) is 6.42 Å². The molecule has 0 saturated carbocycles. The molecular formula is C19H27N3O2. The summed E-state index contributed by atoms with van der Waals surface area (Å²) in [6.07, 6.45) is 5.29. The van der Waals surface area contributed by atoms with Crippen molar-refractivity contribution in [3.63, 3.8) is 0 Å². The van der Waals surface area contributed by atoms with Crippen LogP contribution in [0.3, 0.4) is 0 Å². The maximum absolute atomic E-state index is 10.6. The molecular weight excluding hydrogens is 302 g/mol. The fourth-order valence-electron chi connectivity index (χ4n) is 3.62. The summed E-state index contributed by atoms with van der Waals surface area (Å²) in [7, 11) is 0. The van der Waals surface area contributed by atoms with Crippen molar-refractivity contribution in [1.29, 1.82) is 0 Å². The number of aromatic nitrogens is 2. The molecule has 0 radical (unpaired) electrons. The SMILES string of the molecule is CC1CCNC(c2nc3ccccc3n2CCCCCC(=O)O)C1. The van der Waals surface area contributed by atoms with Crippen LogP contribution in [0.5, 0.6) is 0 Å². The summed E-state index contributed by atoms with van der Waals surface area (Å²) in [5, 5.41) is 12.4. The number of nitrogens with one attached hydrogen (secondary N) is 1. The van der Waals surface area contributed by atoms with Gasteiger partial charge in [-0.15, -0.1) is 0 Å². The van der Waals surface area contributed by atoms with Crippen LogP contribution in [0.25, 0.3) is 11.0 Å². The smallest absolute Gasteiger partial charge is 0.303 e. The van der Waals surface area contributed by atoms with Gasteiger partial charge in [0, 0.05) is 13.0 Å². The number of benzene rings is 1. The molecule has 1 aromatic carbocycles. The molecule has 2 aromatic rings. The lowest BCUT2D eigenvalue weighted by Crippen LogP contribution is -2.32.